The minimum atomic E-state index is -0.263. The highest BCUT2D eigenvalue weighted by Gasteiger charge is 2.26. The molecule has 2 N–H and O–H groups in total. The Balaban J connectivity index is 2.25. The first kappa shape index (κ1) is 13.3. The van der Waals surface area contributed by atoms with Crippen LogP contribution >= 0.6 is 0 Å². The van der Waals surface area contributed by atoms with Crippen molar-refractivity contribution in [2.75, 3.05) is 13.6 Å². The smallest absolute Gasteiger partial charge is 0.407 e. The molecule has 1 aliphatic rings. The number of carbonyl (C=O) groups is 1. The topological polar surface area (TPSA) is 50.4 Å². The van der Waals surface area contributed by atoms with Crippen molar-refractivity contribution in [1.82, 2.24) is 10.6 Å². The van der Waals surface area contributed by atoms with Gasteiger partial charge in [-0.1, -0.05) is 19.8 Å². The minimum absolute atomic E-state index is 0.0420. The molecule has 1 rings (SSSR count). The van der Waals surface area contributed by atoms with Gasteiger partial charge in [-0.25, -0.2) is 4.79 Å². The molecule has 1 saturated carbocycles. The number of nitrogens with one attached hydrogen (secondary N) is 2. The van der Waals surface area contributed by atoms with Crippen molar-refractivity contribution in [3.05, 3.63) is 0 Å². The molecule has 0 spiro atoms. The number of rotatable bonds is 5. The van der Waals surface area contributed by atoms with Crippen molar-refractivity contribution < 1.29 is 9.53 Å². The molecule has 0 aromatic heterocycles. The molecule has 2 atom stereocenters. The third-order valence-electron chi connectivity index (χ3n) is 3.13. The second kappa shape index (κ2) is 7.49. The normalized spacial score (nSPS) is 25.1. The third kappa shape index (κ3) is 4.39. The van der Waals surface area contributed by atoms with Crippen LogP contribution in [0, 0.1) is 0 Å². The summed E-state index contributed by atoms with van der Waals surface area (Å²) in [6.07, 6.45) is 6.34. The number of ether oxygens (including phenoxy) is 1. The van der Waals surface area contributed by atoms with Crippen LogP contribution in [-0.2, 0) is 4.74 Å². The lowest BCUT2D eigenvalue weighted by Gasteiger charge is -2.30. The average molecular weight is 228 g/mol. The number of alkyl carbamates (subject to hydrolysis) is 1. The molecular formula is C12H24N2O2. The summed E-state index contributed by atoms with van der Waals surface area (Å²) < 4.78 is 5.43. The molecular weight excluding hydrogens is 204 g/mol. The molecule has 0 bridgehead atoms. The van der Waals surface area contributed by atoms with Crippen LogP contribution in [0.5, 0.6) is 0 Å². The van der Waals surface area contributed by atoms with Crippen molar-refractivity contribution in [2.45, 2.75) is 57.6 Å². The number of carbonyl (C=O) groups excluding carboxylic acids is 1. The van der Waals surface area contributed by atoms with E-state index in [-0.39, 0.29) is 12.2 Å². The Kier molecular flexibility index (Phi) is 6.23. The van der Waals surface area contributed by atoms with Crippen molar-refractivity contribution in [3.63, 3.8) is 0 Å². The fraction of sp³-hybridized carbons (Fsp3) is 0.917. The van der Waals surface area contributed by atoms with E-state index in [0.717, 1.165) is 32.1 Å². The lowest BCUT2D eigenvalue weighted by atomic mass is 9.92. The van der Waals surface area contributed by atoms with Gasteiger partial charge in [0, 0.05) is 12.6 Å². The Morgan fingerprint density at radius 2 is 2.12 bits per heavy atom. The van der Waals surface area contributed by atoms with Gasteiger partial charge in [0.1, 0.15) is 6.10 Å². The van der Waals surface area contributed by atoms with Gasteiger partial charge in [-0.2, -0.15) is 0 Å². The van der Waals surface area contributed by atoms with Crippen LogP contribution < -0.4 is 10.6 Å². The first-order valence-electron chi connectivity index (χ1n) is 6.39. The first-order valence-corrected chi connectivity index (χ1v) is 6.39. The van der Waals surface area contributed by atoms with Gasteiger partial charge < -0.3 is 15.4 Å². The van der Waals surface area contributed by atoms with Crippen LogP contribution in [0.1, 0.15) is 45.4 Å². The van der Waals surface area contributed by atoms with Gasteiger partial charge in [0.25, 0.3) is 0 Å². The molecule has 1 aliphatic carbocycles. The molecule has 2 unspecified atom stereocenters. The predicted octanol–water partition coefficient (Wildman–Crippen LogP) is 2.04. The zero-order chi connectivity index (χ0) is 11.8. The molecule has 1 fully saturated rings. The summed E-state index contributed by atoms with van der Waals surface area (Å²) in [7, 11) is 1.93. The van der Waals surface area contributed by atoms with E-state index >= 15 is 0 Å². The van der Waals surface area contributed by atoms with Crippen molar-refractivity contribution >= 4 is 6.09 Å². The van der Waals surface area contributed by atoms with E-state index in [9.17, 15) is 4.79 Å². The molecule has 4 heteroatoms. The molecule has 4 nitrogen and oxygen atoms in total. The summed E-state index contributed by atoms with van der Waals surface area (Å²) in [6, 6.07) is 0.325. The Bertz CT molecular complexity index is 209. The highest BCUT2D eigenvalue weighted by molar-refractivity contribution is 5.67. The first-order chi connectivity index (χ1) is 7.77. The SMILES string of the molecule is CCCCNC(=O)OC1CCCCC1NC. The predicted molar refractivity (Wildman–Crippen MR) is 64.5 cm³/mol. The van der Waals surface area contributed by atoms with Crippen molar-refractivity contribution in [1.29, 1.82) is 0 Å². The summed E-state index contributed by atoms with van der Waals surface area (Å²) in [5.74, 6) is 0. The van der Waals surface area contributed by atoms with Crippen LogP contribution in [0.15, 0.2) is 0 Å². The summed E-state index contributed by atoms with van der Waals surface area (Å²) in [5, 5.41) is 6.01. The Hall–Kier alpha value is -0.770. The van der Waals surface area contributed by atoms with Gasteiger partial charge >= 0.3 is 6.09 Å². The Labute approximate surface area is 98.1 Å². The van der Waals surface area contributed by atoms with E-state index in [1.807, 2.05) is 7.05 Å². The van der Waals surface area contributed by atoms with E-state index < -0.39 is 0 Å². The van der Waals surface area contributed by atoms with Crippen LogP contribution in [0.3, 0.4) is 0 Å². The fourth-order valence-corrected chi connectivity index (χ4v) is 2.11. The highest BCUT2D eigenvalue weighted by atomic mass is 16.6. The van der Waals surface area contributed by atoms with Crippen molar-refractivity contribution in [2.24, 2.45) is 0 Å². The van der Waals surface area contributed by atoms with Crippen LogP contribution in [0.25, 0.3) is 0 Å². The van der Waals surface area contributed by atoms with E-state index in [4.69, 9.17) is 4.74 Å². The van der Waals surface area contributed by atoms with E-state index in [2.05, 4.69) is 17.6 Å². The summed E-state index contributed by atoms with van der Waals surface area (Å²) in [4.78, 5) is 11.5. The molecule has 0 aliphatic heterocycles. The lowest BCUT2D eigenvalue weighted by molar-refractivity contribution is 0.0546. The summed E-state index contributed by atoms with van der Waals surface area (Å²) in [5.41, 5.74) is 0. The standard InChI is InChI=1S/C12H24N2O2/c1-3-4-9-14-12(15)16-11-8-6-5-7-10(11)13-2/h10-11,13H,3-9H2,1-2H3,(H,14,15). The maximum atomic E-state index is 11.5. The van der Waals surface area contributed by atoms with E-state index in [1.165, 1.54) is 6.42 Å². The molecule has 16 heavy (non-hydrogen) atoms. The zero-order valence-corrected chi connectivity index (χ0v) is 10.4. The van der Waals surface area contributed by atoms with Gasteiger partial charge in [0.15, 0.2) is 0 Å². The van der Waals surface area contributed by atoms with Gasteiger partial charge in [0.05, 0.1) is 0 Å². The minimum Gasteiger partial charge on any atom is -0.445 e. The lowest BCUT2D eigenvalue weighted by Crippen LogP contribution is -2.44. The van der Waals surface area contributed by atoms with Gasteiger partial charge in [-0.15, -0.1) is 0 Å². The number of amides is 1. The van der Waals surface area contributed by atoms with Crippen molar-refractivity contribution in [3.8, 4) is 0 Å². The van der Waals surface area contributed by atoms with Crippen LogP contribution in [0.4, 0.5) is 4.79 Å². The number of hydrogen-bond acceptors (Lipinski definition) is 3. The van der Waals surface area contributed by atoms with E-state index in [0.29, 0.717) is 12.6 Å². The average Bonchev–Trinajstić information content (AvgIpc) is 2.30. The maximum Gasteiger partial charge on any atom is 0.407 e. The molecule has 0 aromatic rings. The zero-order valence-electron chi connectivity index (χ0n) is 10.4. The summed E-state index contributed by atoms with van der Waals surface area (Å²) >= 11 is 0. The monoisotopic (exact) mass is 228 g/mol. The third-order valence-corrected chi connectivity index (χ3v) is 3.13. The van der Waals surface area contributed by atoms with Gasteiger partial charge in [-0.3, -0.25) is 0 Å². The van der Waals surface area contributed by atoms with Crippen LogP contribution in [0.2, 0.25) is 0 Å². The highest BCUT2D eigenvalue weighted by Crippen LogP contribution is 2.21. The molecule has 0 radical (unpaired) electrons. The summed E-state index contributed by atoms with van der Waals surface area (Å²) in [6.45, 7) is 2.82. The van der Waals surface area contributed by atoms with Gasteiger partial charge in [0.2, 0.25) is 0 Å². The van der Waals surface area contributed by atoms with Crippen LogP contribution in [-0.4, -0.2) is 31.8 Å². The largest absolute Gasteiger partial charge is 0.445 e. The second-order valence-electron chi connectivity index (χ2n) is 4.40. The fourth-order valence-electron chi connectivity index (χ4n) is 2.11. The second-order valence-corrected chi connectivity index (χ2v) is 4.40. The molecule has 1 amide bonds. The quantitative estimate of drug-likeness (QED) is 0.708. The molecule has 0 saturated heterocycles. The maximum absolute atomic E-state index is 11.5. The molecule has 0 aromatic carbocycles. The Morgan fingerprint density at radius 1 is 1.38 bits per heavy atom. The number of unbranched alkanes of at least 4 members (excludes halogenated alkanes) is 1. The molecule has 0 heterocycles. The van der Waals surface area contributed by atoms with Gasteiger partial charge in [-0.05, 0) is 32.7 Å². The molecule has 94 valence electrons. The number of hydrogen-bond donors (Lipinski definition) is 2. The number of likely N-dealkylation sites (N-methyl/N-ethyl adjacent to an activating group) is 1. The Morgan fingerprint density at radius 3 is 2.81 bits per heavy atom. The van der Waals surface area contributed by atoms with E-state index in [1.54, 1.807) is 0 Å².